The smallest absolute Gasteiger partial charge is 0.162 e. The Kier molecular flexibility index (Phi) is 2.48. The van der Waals surface area contributed by atoms with Crippen molar-refractivity contribution < 1.29 is 13.5 Å². The highest BCUT2D eigenvalue weighted by Gasteiger charge is 2.20. The highest BCUT2D eigenvalue weighted by Crippen LogP contribution is 2.31. The number of fused-ring (bicyclic) bond motifs is 1. The van der Waals surface area contributed by atoms with Gasteiger partial charge in [0.1, 0.15) is 12.4 Å². The van der Waals surface area contributed by atoms with Crippen LogP contribution in [0, 0.1) is 11.6 Å². The van der Waals surface area contributed by atoms with Crippen LogP contribution < -0.4 is 15.4 Å². The van der Waals surface area contributed by atoms with Crippen molar-refractivity contribution in [2.75, 3.05) is 25.1 Å². The second-order valence-electron chi connectivity index (χ2n) is 3.69. The van der Waals surface area contributed by atoms with E-state index in [1.807, 2.05) is 0 Å². The van der Waals surface area contributed by atoms with Crippen molar-refractivity contribution in [2.24, 2.45) is 5.73 Å². The van der Waals surface area contributed by atoms with E-state index in [9.17, 15) is 8.78 Å². The van der Waals surface area contributed by atoms with Crippen LogP contribution in [0.2, 0.25) is 0 Å². The van der Waals surface area contributed by atoms with Crippen LogP contribution in [0.5, 0.6) is 5.75 Å². The van der Waals surface area contributed by atoms with Crippen molar-refractivity contribution in [2.45, 2.75) is 6.04 Å². The summed E-state index contributed by atoms with van der Waals surface area (Å²) < 4.78 is 31.3. The van der Waals surface area contributed by atoms with Crippen LogP contribution in [0.1, 0.15) is 0 Å². The second kappa shape index (κ2) is 3.66. The van der Waals surface area contributed by atoms with E-state index in [1.165, 1.54) is 0 Å². The summed E-state index contributed by atoms with van der Waals surface area (Å²) in [6, 6.07) is 2.02. The number of rotatable bonds is 0. The normalized spacial score (nSPS) is 20.5. The monoisotopic (exact) mass is 214 g/mol. The second-order valence-corrected chi connectivity index (χ2v) is 3.69. The zero-order valence-electron chi connectivity index (χ0n) is 8.34. The molecule has 2 rings (SSSR count). The van der Waals surface area contributed by atoms with Crippen molar-refractivity contribution in [3.05, 3.63) is 23.8 Å². The van der Waals surface area contributed by atoms with E-state index >= 15 is 0 Å². The van der Waals surface area contributed by atoms with Crippen LogP contribution in [-0.4, -0.2) is 26.2 Å². The molecule has 1 heterocycles. The van der Waals surface area contributed by atoms with Gasteiger partial charge in [-0.15, -0.1) is 0 Å². The van der Waals surface area contributed by atoms with Gasteiger partial charge in [0.2, 0.25) is 0 Å². The lowest BCUT2D eigenvalue weighted by atomic mass is 10.2. The summed E-state index contributed by atoms with van der Waals surface area (Å²) in [6.45, 7) is 0.862. The van der Waals surface area contributed by atoms with Crippen molar-refractivity contribution in [1.29, 1.82) is 0 Å². The zero-order valence-corrected chi connectivity index (χ0v) is 8.34. The molecule has 1 aliphatic rings. The third kappa shape index (κ3) is 1.87. The Morgan fingerprint density at radius 1 is 1.40 bits per heavy atom. The molecule has 82 valence electrons. The number of nitrogens with two attached hydrogens (primary N) is 1. The van der Waals surface area contributed by atoms with Crippen LogP contribution in [0.4, 0.5) is 14.5 Å². The quantitative estimate of drug-likeness (QED) is 0.703. The molecule has 1 atom stereocenters. The Bertz CT molecular complexity index is 384. The van der Waals surface area contributed by atoms with Gasteiger partial charge in [-0.05, 0) is 0 Å². The molecule has 0 aromatic heterocycles. The third-order valence-electron chi connectivity index (χ3n) is 2.37. The van der Waals surface area contributed by atoms with Crippen LogP contribution in [0.15, 0.2) is 12.1 Å². The van der Waals surface area contributed by atoms with E-state index in [-0.39, 0.29) is 6.04 Å². The molecule has 2 N–H and O–H groups in total. The summed E-state index contributed by atoms with van der Waals surface area (Å²) in [4.78, 5) is 1.76. The zero-order chi connectivity index (χ0) is 11.0. The molecule has 1 aliphatic heterocycles. The highest BCUT2D eigenvalue weighted by atomic mass is 19.2. The maximum Gasteiger partial charge on any atom is 0.162 e. The van der Waals surface area contributed by atoms with Gasteiger partial charge >= 0.3 is 0 Å². The fraction of sp³-hybridized carbons (Fsp3) is 0.400. The molecule has 0 saturated heterocycles. The van der Waals surface area contributed by atoms with Gasteiger partial charge in [-0.2, -0.15) is 0 Å². The molecular formula is C10H12F2N2O. The van der Waals surface area contributed by atoms with Gasteiger partial charge < -0.3 is 15.4 Å². The SMILES string of the molecule is CN1CC(N)COc2cc(F)c(F)cc21. The van der Waals surface area contributed by atoms with Crippen molar-refractivity contribution >= 4 is 5.69 Å². The van der Waals surface area contributed by atoms with Gasteiger partial charge in [-0.1, -0.05) is 0 Å². The summed E-state index contributed by atoms with van der Waals surface area (Å²) in [6.07, 6.45) is 0. The molecule has 3 nitrogen and oxygen atoms in total. The number of benzene rings is 1. The lowest BCUT2D eigenvalue weighted by molar-refractivity contribution is 0.298. The summed E-state index contributed by atoms with van der Waals surface area (Å²) in [5.74, 6) is -1.44. The van der Waals surface area contributed by atoms with Gasteiger partial charge in [0.25, 0.3) is 0 Å². The number of hydrogen-bond acceptors (Lipinski definition) is 3. The number of anilines is 1. The Labute approximate surface area is 86.4 Å². The minimum absolute atomic E-state index is 0.159. The minimum atomic E-state index is -0.905. The molecule has 0 bridgehead atoms. The number of hydrogen-bond donors (Lipinski definition) is 1. The first-order chi connectivity index (χ1) is 7.08. The van der Waals surface area contributed by atoms with Crippen molar-refractivity contribution in [1.82, 2.24) is 0 Å². The standard InChI is InChI=1S/C10H12F2N2O/c1-14-4-6(13)5-15-10-3-8(12)7(11)2-9(10)14/h2-3,6H,4-5,13H2,1H3. The predicted octanol–water partition coefficient (Wildman–Crippen LogP) is 1.12. The molecule has 0 saturated carbocycles. The molecule has 0 amide bonds. The summed E-state index contributed by atoms with van der Waals surface area (Å²) >= 11 is 0. The lowest BCUT2D eigenvalue weighted by Crippen LogP contribution is -2.37. The number of halogens is 2. The fourth-order valence-electron chi connectivity index (χ4n) is 1.63. The lowest BCUT2D eigenvalue weighted by Gasteiger charge is -2.19. The van der Waals surface area contributed by atoms with Crippen LogP contribution >= 0.6 is 0 Å². The molecule has 0 fully saturated rings. The van der Waals surface area contributed by atoms with Crippen molar-refractivity contribution in [3.8, 4) is 5.75 Å². The van der Waals surface area contributed by atoms with E-state index in [0.29, 0.717) is 24.6 Å². The maximum absolute atomic E-state index is 13.0. The van der Waals surface area contributed by atoms with E-state index in [0.717, 1.165) is 12.1 Å². The third-order valence-corrected chi connectivity index (χ3v) is 2.37. The topological polar surface area (TPSA) is 38.5 Å². The Morgan fingerprint density at radius 3 is 2.80 bits per heavy atom. The van der Waals surface area contributed by atoms with Gasteiger partial charge in [0.15, 0.2) is 11.6 Å². The number of nitrogens with zero attached hydrogens (tertiary/aromatic N) is 1. The summed E-state index contributed by atoms with van der Waals surface area (Å²) in [7, 11) is 1.77. The maximum atomic E-state index is 13.0. The molecule has 15 heavy (non-hydrogen) atoms. The number of ether oxygens (including phenoxy) is 1. The molecule has 1 aromatic carbocycles. The molecule has 0 spiro atoms. The van der Waals surface area contributed by atoms with E-state index in [2.05, 4.69) is 0 Å². The van der Waals surface area contributed by atoms with E-state index < -0.39 is 11.6 Å². The first kappa shape index (κ1) is 10.2. The van der Waals surface area contributed by atoms with E-state index in [4.69, 9.17) is 10.5 Å². The molecule has 0 aliphatic carbocycles. The Hall–Kier alpha value is -1.36. The molecule has 1 unspecified atom stereocenters. The largest absolute Gasteiger partial charge is 0.490 e. The Balaban J connectivity index is 2.45. The van der Waals surface area contributed by atoms with Crippen LogP contribution in [-0.2, 0) is 0 Å². The Morgan fingerprint density at radius 2 is 2.07 bits per heavy atom. The van der Waals surface area contributed by atoms with Gasteiger partial charge in [0.05, 0.1) is 11.7 Å². The molecule has 1 aromatic rings. The van der Waals surface area contributed by atoms with Gasteiger partial charge in [-0.3, -0.25) is 0 Å². The fourth-order valence-corrected chi connectivity index (χ4v) is 1.63. The number of likely N-dealkylation sites (N-methyl/N-ethyl adjacent to an activating group) is 1. The molecule has 5 heteroatoms. The highest BCUT2D eigenvalue weighted by molar-refractivity contribution is 5.59. The predicted molar refractivity (Wildman–Crippen MR) is 53.1 cm³/mol. The minimum Gasteiger partial charge on any atom is -0.490 e. The average molecular weight is 214 g/mol. The first-order valence-corrected chi connectivity index (χ1v) is 4.66. The summed E-state index contributed by atoms with van der Waals surface area (Å²) in [5.41, 5.74) is 6.26. The van der Waals surface area contributed by atoms with Crippen LogP contribution in [0.25, 0.3) is 0 Å². The average Bonchev–Trinajstić information content (AvgIpc) is 2.30. The molecule has 0 radical (unpaired) electrons. The van der Waals surface area contributed by atoms with Gasteiger partial charge in [-0.25, -0.2) is 8.78 Å². The van der Waals surface area contributed by atoms with Crippen LogP contribution in [0.3, 0.4) is 0 Å². The first-order valence-electron chi connectivity index (χ1n) is 4.66. The molecular weight excluding hydrogens is 202 g/mol. The van der Waals surface area contributed by atoms with Crippen molar-refractivity contribution in [3.63, 3.8) is 0 Å². The van der Waals surface area contributed by atoms with Gasteiger partial charge in [0, 0.05) is 25.7 Å². The van der Waals surface area contributed by atoms with E-state index in [1.54, 1.807) is 11.9 Å². The summed E-state index contributed by atoms with van der Waals surface area (Å²) in [5, 5.41) is 0.